The Bertz CT molecular complexity index is 610. The third-order valence-electron chi connectivity index (χ3n) is 4.21. The third kappa shape index (κ3) is 7.36. The number of anilines is 1. The molecule has 0 fully saturated rings. The highest BCUT2D eigenvalue weighted by Gasteiger charge is 2.22. The number of para-hydroxylation sites is 1. The molecule has 1 aromatic carbocycles. The molecule has 0 aliphatic rings. The fraction of sp³-hybridized carbons (Fsp3) is 0.526. The van der Waals surface area contributed by atoms with Crippen LogP contribution in [0.25, 0.3) is 0 Å². The van der Waals surface area contributed by atoms with Crippen LogP contribution in [0.4, 0.5) is 5.69 Å². The first-order valence-electron chi connectivity index (χ1n) is 8.76. The van der Waals surface area contributed by atoms with Crippen LogP contribution in [0.15, 0.2) is 24.3 Å². The van der Waals surface area contributed by atoms with Crippen molar-refractivity contribution in [2.75, 3.05) is 11.9 Å². The van der Waals surface area contributed by atoms with Crippen molar-refractivity contribution in [3.8, 4) is 6.07 Å². The first-order chi connectivity index (χ1) is 12.0. The van der Waals surface area contributed by atoms with E-state index >= 15 is 0 Å². The summed E-state index contributed by atoms with van der Waals surface area (Å²) in [5, 5.41) is 24.0. The molecule has 2 atom stereocenters. The predicted octanol–water partition coefficient (Wildman–Crippen LogP) is 3.15. The first kappa shape index (κ1) is 20.7. The second kappa shape index (κ2) is 11.2. The van der Waals surface area contributed by atoms with Crippen LogP contribution >= 0.6 is 0 Å². The molecule has 1 aromatic rings. The molecule has 0 bridgehead atoms. The Morgan fingerprint density at radius 2 is 2.00 bits per heavy atom. The second-order valence-electron chi connectivity index (χ2n) is 6.13. The number of unbranched alkanes of at least 4 members (excludes halogenated alkanes) is 1. The van der Waals surface area contributed by atoms with E-state index in [0.29, 0.717) is 23.7 Å². The number of carbonyl (C=O) groups is 2. The number of amides is 1. The summed E-state index contributed by atoms with van der Waals surface area (Å²) in [4.78, 5) is 23.6. The molecule has 0 aliphatic heterocycles. The zero-order chi connectivity index (χ0) is 18.7. The van der Waals surface area contributed by atoms with E-state index in [0.717, 1.165) is 25.7 Å². The van der Waals surface area contributed by atoms with Gasteiger partial charge in [-0.25, -0.2) is 0 Å². The molecule has 6 heteroatoms. The number of rotatable bonds is 11. The minimum Gasteiger partial charge on any atom is -0.480 e. The van der Waals surface area contributed by atoms with Crippen LogP contribution in [0.3, 0.4) is 0 Å². The number of nitriles is 1. The molecule has 25 heavy (non-hydrogen) atoms. The smallest absolute Gasteiger partial charge is 0.321 e. The highest BCUT2D eigenvalue weighted by Crippen LogP contribution is 2.15. The van der Waals surface area contributed by atoms with Gasteiger partial charge in [-0.05, 0) is 31.0 Å². The number of hydrogen-bond donors (Lipinski definition) is 3. The molecule has 136 valence electrons. The molecule has 0 heterocycles. The highest BCUT2D eigenvalue weighted by molar-refractivity contribution is 5.95. The Balaban J connectivity index is 2.60. The van der Waals surface area contributed by atoms with Crippen LogP contribution in [-0.4, -0.2) is 29.6 Å². The van der Waals surface area contributed by atoms with Crippen molar-refractivity contribution in [1.82, 2.24) is 5.32 Å². The number of benzene rings is 1. The van der Waals surface area contributed by atoms with Crippen molar-refractivity contribution in [3.63, 3.8) is 0 Å². The monoisotopic (exact) mass is 345 g/mol. The molecular formula is C19H27N3O3. The number of carboxylic acid groups (broad SMARTS) is 1. The molecule has 0 radical (unpaired) electrons. The van der Waals surface area contributed by atoms with E-state index in [1.807, 2.05) is 6.07 Å². The number of carbonyl (C=O) groups excluding carboxylic acids is 1. The van der Waals surface area contributed by atoms with Gasteiger partial charge in [0, 0.05) is 0 Å². The largest absolute Gasteiger partial charge is 0.480 e. The van der Waals surface area contributed by atoms with Crippen LogP contribution in [0.2, 0.25) is 0 Å². The molecule has 0 aromatic heterocycles. The van der Waals surface area contributed by atoms with E-state index in [4.69, 9.17) is 5.26 Å². The zero-order valence-corrected chi connectivity index (χ0v) is 14.9. The Kier molecular flexibility index (Phi) is 9.26. The third-order valence-corrected chi connectivity index (χ3v) is 4.21. The minimum absolute atomic E-state index is 0.181. The SMILES string of the molecule is CCCC[C@@H](CC)CN[C@@H](CC(=O)Nc1ccccc1C#N)C(=O)O. The van der Waals surface area contributed by atoms with Gasteiger partial charge in [0.2, 0.25) is 5.91 Å². The quantitative estimate of drug-likeness (QED) is 0.572. The summed E-state index contributed by atoms with van der Waals surface area (Å²) >= 11 is 0. The van der Waals surface area contributed by atoms with E-state index in [1.165, 1.54) is 0 Å². The van der Waals surface area contributed by atoms with Crippen LogP contribution in [0, 0.1) is 17.2 Å². The molecule has 0 unspecified atom stereocenters. The maximum atomic E-state index is 12.2. The van der Waals surface area contributed by atoms with Gasteiger partial charge in [0.25, 0.3) is 0 Å². The normalized spacial score (nSPS) is 12.8. The van der Waals surface area contributed by atoms with Gasteiger partial charge in [-0.2, -0.15) is 5.26 Å². The van der Waals surface area contributed by atoms with Gasteiger partial charge < -0.3 is 15.7 Å². The molecular weight excluding hydrogens is 318 g/mol. The van der Waals surface area contributed by atoms with Crippen molar-refractivity contribution in [1.29, 1.82) is 5.26 Å². The lowest BCUT2D eigenvalue weighted by molar-refractivity contribution is -0.141. The fourth-order valence-corrected chi connectivity index (χ4v) is 2.58. The molecule has 0 aliphatic carbocycles. The zero-order valence-electron chi connectivity index (χ0n) is 14.9. The number of carboxylic acids is 1. The van der Waals surface area contributed by atoms with Gasteiger partial charge in [0.1, 0.15) is 12.1 Å². The summed E-state index contributed by atoms with van der Waals surface area (Å²) in [6.45, 7) is 4.79. The summed E-state index contributed by atoms with van der Waals surface area (Å²) in [5.41, 5.74) is 0.745. The van der Waals surface area contributed by atoms with Crippen molar-refractivity contribution in [2.24, 2.45) is 5.92 Å². The molecule has 1 amide bonds. The van der Waals surface area contributed by atoms with E-state index in [1.54, 1.807) is 24.3 Å². The fourth-order valence-electron chi connectivity index (χ4n) is 2.58. The molecule has 0 spiro atoms. The average molecular weight is 345 g/mol. The van der Waals surface area contributed by atoms with Crippen molar-refractivity contribution >= 4 is 17.6 Å². The van der Waals surface area contributed by atoms with Gasteiger partial charge in [-0.3, -0.25) is 9.59 Å². The topological polar surface area (TPSA) is 102 Å². The van der Waals surface area contributed by atoms with Crippen LogP contribution in [-0.2, 0) is 9.59 Å². The number of nitrogens with one attached hydrogen (secondary N) is 2. The molecule has 0 saturated heterocycles. The Morgan fingerprint density at radius 1 is 1.28 bits per heavy atom. The number of nitrogens with zero attached hydrogens (tertiary/aromatic N) is 1. The van der Waals surface area contributed by atoms with E-state index in [-0.39, 0.29) is 6.42 Å². The van der Waals surface area contributed by atoms with E-state index in [2.05, 4.69) is 24.5 Å². The van der Waals surface area contributed by atoms with Crippen LogP contribution < -0.4 is 10.6 Å². The Hall–Kier alpha value is -2.39. The molecule has 1 rings (SSSR count). The highest BCUT2D eigenvalue weighted by atomic mass is 16.4. The second-order valence-corrected chi connectivity index (χ2v) is 6.13. The summed E-state index contributed by atoms with van der Waals surface area (Å²) in [6, 6.07) is 7.70. The number of hydrogen-bond acceptors (Lipinski definition) is 4. The average Bonchev–Trinajstić information content (AvgIpc) is 2.61. The van der Waals surface area contributed by atoms with Gasteiger partial charge in [-0.15, -0.1) is 0 Å². The Labute approximate surface area is 149 Å². The van der Waals surface area contributed by atoms with Gasteiger partial charge in [-0.1, -0.05) is 45.2 Å². The van der Waals surface area contributed by atoms with Gasteiger partial charge in [0.05, 0.1) is 17.7 Å². The lowest BCUT2D eigenvalue weighted by atomic mass is 9.99. The molecule has 3 N–H and O–H groups in total. The lowest BCUT2D eigenvalue weighted by Gasteiger charge is -2.19. The Morgan fingerprint density at radius 3 is 2.60 bits per heavy atom. The van der Waals surface area contributed by atoms with Crippen molar-refractivity contribution < 1.29 is 14.7 Å². The van der Waals surface area contributed by atoms with Crippen molar-refractivity contribution in [2.45, 2.75) is 52.0 Å². The summed E-state index contributed by atoms with van der Waals surface area (Å²) in [6.07, 6.45) is 4.07. The first-order valence-corrected chi connectivity index (χ1v) is 8.76. The lowest BCUT2D eigenvalue weighted by Crippen LogP contribution is -2.42. The molecule has 0 saturated carbocycles. The van der Waals surface area contributed by atoms with E-state index in [9.17, 15) is 14.7 Å². The summed E-state index contributed by atoms with van der Waals surface area (Å²) in [5.74, 6) is -1.07. The maximum Gasteiger partial charge on any atom is 0.321 e. The minimum atomic E-state index is -1.05. The van der Waals surface area contributed by atoms with Crippen LogP contribution in [0.1, 0.15) is 51.5 Å². The molecule has 6 nitrogen and oxygen atoms in total. The summed E-state index contributed by atoms with van der Waals surface area (Å²) in [7, 11) is 0. The summed E-state index contributed by atoms with van der Waals surface area (Å²) < 4.78 is 0. The van der Waals surface area contributed by atoms with E-state index < -0.39 is 17.9 Å². The predicted molar refractivity (Wildman–Crippen MR) is 97.1 cm³/mol. The number of aliphatic carboxylic acids is 1. The van der Waals surface area contributed by atoms with Gasteiger partial charge >= 0.3 is 5.97 Å². The maximum absolute atomic E-state index is 12.2. The standard InChI is InChI=1S/C19H27N3O3/c1-3-5-8-14(4-2)13-21-17(19(24)25)11-18(23)22-16-10-7-6-9-15(16)12-20/h6-7,9-10,14,17,21H,3-5,8,11,13H2,1-2H3,(H,22,23)(H,24,25)/t14-,17+/m1/s1. The van der Waals surface area contributed by atoms with Gasteiger partial charge in [0.15, 0.2) is 0 Å². The van der Waals surface area contributed by atoms with Crippen LogP contribution in [0.5, 0.6) is 0 Å². The van der Waals surface area contributed by atoms with Crippen molar-refractivity contribution in [3.05, 3.63) is 29.8 Å².